The van der Waals surface area contributed by atoms with Gasteiger partial charge in [0.05, 0.1) is 0 Å². The van der Waals surface area contributed by atoms with Crippen LogP contribution in [-0.2, 0) is 11.2 Å². The Morgan fingerprint density at radius 1 is 1.08 bits per heavy atom. The second-order valence-corrected chi connectivity index (χ2v) is 5.74. The standard InChI is InChI=1S/C20H24FN3O/c21-19-9-6-17(7-10-19)8-11-20(25)24-15-3-14-22-12-1-4-18-5-2-13-23-16-18/h2,5-11,13,16,22H,1,3-4,12,14-15H2,(H,24,25)/b11-8+. The Labute approximate surface area is 148 Å². The van der Waals surface area contributed by atoms with Crippen LogP contribution in [0.1, 0.15) is 24.0 Å². The molecule has 2 aromatic rings. The van der Waals surface area contributed by atoms with Gasteiger partial charge in [0.15, 0.2) is 0 Å². The molecule has 0 unspecified atom stereocenters. The van der Waals surface area contributed by atoms with E-state index >= 15 is 0 Å². The molecular formula is C20H24FN3O. The molecule has 0 saturated heterocycles. The third-order valence-corrected chi connectivity index (χ3v) is 3.67. The number of hydrogen-bond donors (Lipinski definition) is 2. The fourth-order valence-corrected chi connectivity index (χ4v) is 2.32. The lowest BCUT2D eigenvalue weighted by atomic mass is 10.1. The lowest BCUT2D eigenvalue weighted by Crippen LogP contribution is -2.26. The average Bonchev–Trinajstić information content (AvgIpc) is 2.64. The average molecular weight is 341 g/mol. The number of pyridine rings is 1. The topological polar surface area (TPSA) is 54.0 Å². The van der Waals surface area contributed by atoms with Crippen LogP contribution in [-0.4, -0.2) is 30.5 Å². The van der Waals surface area contributed by atoms with Crippen molar-refractivity contribution in [3.8, 4) is 0 Å². The molecule has 1 amide bonds. The molecule has 2 rings (SSSR count). The number of rotatable bonds is 10. The van der Waals surface area contributed by atoms with Crippen molar-refractivity contribution in [3.05, 3.63) is 71.8 Å². The number of carbonyl (C=O) groups excluding carboxylic acids is 1. The lowest BCUT2D eigenvalue weighted by molar-refractivity contribution is -0.116. The Bertz CT molecular complexity index is 656. The van der Waals surface area contributed by atoms with Crippen LogP contribution in [0.15, 0.2) is 54.9 Å². The van der Waals surface area contributed by atoms with Crippen molar-refractivity contribution in [1.29, 1.82) is 0 Å². The van der Waals surface area contributed by atoms with Crippen LogP contribution >= 0.6 is 0 Å². The van der Waals surface area contributed by atoms with Gasteiger partial charge in [-0.15, -0.1) is 0 Å². The van der Waals surface area contributed by atoms with Gasteiger partial charge in [-0.1, -0.05) is 18.2 Å². The molecule has 0 aliphatic heterocycles. The first-order valence-electron chi connectivity index (χ1n) is 8.55. The van der Waals surface area contributed by atoms with Gasteiger partial charge in [0.2, 0.25) is 5.91 Å². The van der Waals surface area contributed by atoms with Crippen molar-refractivity contribution in [2.24, 2.45) is 0 Å². The van der Waals surface area contributed by atoms with E-state index in [1.807, 2.05) is 12.3 Å². The predicted octanol–water partition coefficient (Wildman–Crippen LogP) is 2.96. The molecule has 1 heterocycles. The van der Waals surface area contributed by atoms with Crippen molar-refractivity contribution in [3.63, 3.8) is 0 Å². The fraction of sp³-hybridized carbons (Fsp3) is 0.300. The maximum atomic E-state index is 12.8. The number of nitrogens with zero attached hydrogens (tertiary/aromatic N) is 1. The number of carbonyl (C=O) groups is 1. The van der Waals surface area contributed by atoms with E-state index in [9.17, 15) is 9.18 Å². The molecule has 0 aliphatic rings. The quantitative estimate of drug-likeness (QED) is 0.516. The maximum Gasteiger partial charge on any atom is 0.243 e. The molecule has 0 radical (unpaired) electrons. The highest BCUT2D eigenvalue weighted by Gasteiger charge is 1.96. The van der Waals surface area contributed by atoms with Crippen LogP contribution < -0.4 is 10.6 Å². The van der Waals surface area contributed by atoms with Crippen molar-refractivity contribution in [2.75, 3.05) is 19.6 Å². The summed E-state index contributed by atoms with van der Waals surface area (Å²) in [5.41, 5.74) is 2.05. The Morgan fingerprint density at radius 2 is 1.88 bits per heavy atom. The zero-order valence-electron chi connectivity index (χ0n) is 14.2. The minimum absolute atomic E-state index is 0.138. The van der Waals surface area contributed by atoms with Gasteiger partial charge < -0.3 is 10.6 Å². The summed E-state index contributed by atoms with van der Waals surface area (Å²) in [5, 5.41) is 6.20. The van der Waals surface area contributed by atoms with Crippen LogP contribution in [0.2, 0.25) is 0 Å². The normalized spacial score (nSPS) is 10.9. The van der Waals surface area contributed by atoms with Crippen LogP contribution in [0, 0.1) is 5.82 Å². The number of halogens is 1. The lowest BCUT2D eigenvalue weighted by Gasteiger charge is -2.05. The first-order valence-corrected chi connectivity index (χ1v) is 8.55. The summed E-state index contributed by atoms with van der Waals surface area (Å²) in [6.07, 6.45) is 9.78. The number of amides is 1. The minimum Gasteiger partial charge on any atom is -0.353 e. The molecule has 2 N–H and O–H groups in total. The van der Waals surface area contributed by atoms with Crippen LogP contribution in [0.4, 0.5) is 4.39 Å². The zero-order valence-corrected chi connectivity index (χ0v) is 14.2. The van der Waals surface area contributed by atoms with Gasteiger partial charge in [-0.2, -0.15) is 0 Å². The van der Waals surface area contributed by atoms with Crippen LogP contribution in [0.25, 0.3) is 6.08 Å². The number of benzene rings is 1. The van der Waals surface area contributed by atoms with Gasteiger partial charge in [-0.3, -0.25) is 9.78 Å². The number of aryl methyl sites for hydroxylation is 1. The Kier molecular flexibility index (Phi) is 8.35. The van der Waals surface area contributed by atoms with Crippen LogP contribution in [0.3, 0.4) is 0 Å². The second kappa shape index (κ2) is 11.1. The van der Waals surface area contributed by atoms with Crippen molar-refractivity contribution >= 4 is 12.0 Å². The van der Waals surface area contributed by atoms with E-state index < -0.39 is 0 Å². The SMILES string of the molecule is O=C(/C=C/c1ccc(F)cc1)NCCCNCCCc1cccnc1. The zero-order chi connectivity index (χ0) is 17.7. The van der Waals surface area contributed by atoms with Crippen molar-refractivity contribution in [1.82, 2.24) is 15.6 Å². The molecule has 0 spiro atoms. The van der Waals surface area contributed by atoms with Gasteiger partial charge in [0.1, 0.15) is 5.82 Å². The van der Waals surface area contributed by atoms with E-state index in [1.54, 1.807) is 24.4 Å². The molecule has 25 heavy (non-hydrogen) atoms. The molecular weight excluding hydrogens is 317 g/mol. The van der Waals surface area contributed by atoms with E-state index in [0.29, 0.717) is 6.54 Å². The van der Waals surface area contributed by atoms with Crippen molar-refractivity contribution in [2.45, 2.75) is 19.3 Å². The number of aromatic nitrogens is 1. The Hall–Kier alpha value is -2.53. The third kappa shape index (κ3) is 8.22. The van der Waals surface area contributed by atoms with Gasteiger partial charge in [-0.05, 0) is 67.8 Å². The summed E-state index contributed by atoms with van der Waals surface area (Å²) < 4.78 is 12.8. The van der Waals surface area contributed by atoms with Crippen molar-refractivity contribution < 1.29 is 9.18 Å². The van der Waals surface area contributed by atoms with E-state index in [-0.39, 0.29) is 11.7 Å². The van der Waals surface area contributed by atoms with E-state index in [0.717, 1.165) is 37.9 Å². The Morgan fingerprint density at radius 3 is 2.64 bits per heavy atom. The maximum absolute atomic E-state index is 12.8. The molecule has 1 aromatic heterocycles. The number of hydrogen-bond acceptors (Lipinski definition) is 3. The molecule has 0 aliphatic carbocycles. The fourth-order valence-electron chi connectivity index (χ4n) is 2.32. The molecule has 0 saturated carbocycles. The van der Waals surface area contributed by atoms with Gasteiger partial charge in [-0.25, -0.2) is 4.39 Å². The molecule has 0 fully saturated rings. The highest BCUT2D eigenvalue weighted by atomic mass is 19.1. The minimum atomic E-state index is -0.283. The highest BCUT2D eigenvalue weighted by molar-refractivity contribution is 5.91. The monoisotopic (exact) mass is 341 g/mol. The molecule has 5 heteroatoms. The molecule has 0 atom stereocenters. The highest BCUT2D eigenvalue weighted by Crippen LogP contribution is 2.04. The Balaban J connectivity index is 1.48. The predicted molar refractivity (Wildman–Crippen MR) is 98.5 cm³/mol. The van der Waals surface area contributed by atoms with E-state index in [2.05, 4.69) is 21.7 Å². The summed E-state index contributed by atoms with van der Waals surface area (Å²) in [4.78, 5) is 15.8. The first-order chi connectivity index (χ1) is 12.2. The van der Waals surface area contributed by atoms with Gasteiger partial charge in [0, 0.05) is 25.0 Å². The molecule has 132 valence electrons. The van der Waals surface area contributed by atoms with E-state index in [4.69, 9.17) is 0 Å². The smallest absolute Gasteiger partial charge is 0.243 e. The largest absolute Gasteiger partial charge is 0.353 e. The van der Waals surface area contributed by atoms with Gasteiger partial charge >= 0.3 is 0 Å². The summed E-state index contributed by atoms with van der Waals surface area (Å²) >= 11 is 0. The molecule has 1 aromatic carbocycles. The summed E-state index contributed by atoms with van der Waals surface area (Å²) in [7, 11) is 0. The third-order valence-electron chi connectivity index (χ3n) is 3.67. The molecule has 0 bridgehead atoms. The second-order valence-electron chi connectivity index (χ2n) is 5.74. The first kappa shape index (κ1) is 18.8. The van der Waals surface area contributed by atoms with Crippen LogP contribution in [0.5, 0.6) is 0 Å². The molecule has 4 nitrogen and oxygen atoms in total. The summed E-state index contributed by atoms with van der Waals surface area (Å²) in [6.45, 7) is 2.45. The summed E-state index contributed by atoms with van der Waals surface area (Å²) in [5.74, 6) is -0.421. The summed E-state index contributed by atoms with van der Waals surface area (Å²) in [6, 6.07) is 10.1. The van der Waals surface area contributed by atoms with E-state index in [1.165, 1.54) is 23.8 Å². The van der Waals surface area contributed by atoms with Gasteiger partial charge in [0.25, 0.3) is 0 Å². The number of nitrogens with one attached hydrogen (secondary N) is 2.